The van der Waals surface area contributed by atoms with Gasteiger partial charge in [0, 0.05) is 24.7 Å². The molecule has 31 heavy (non-hydrogen) atoms. The normalized spacial score (nSPS) is 27.8. The highest BCUT2D eigenvalue weighted by molar-refractivity contribution is 6.61. The fraction of sp³-hybridized carbons (Fsp3) is 0.652. The van der Waals surface area contributed by atoms with Crippen molar-refractivity contribution < 1.29 is 18.8 Å². The van der Waals surface area contributed by atoms with Gasteiger partial charge in [0.2, 0.25) is 0 Å². The maximum Gasteiger partial charge on any atom is 0.493 e. The first kappa shape index (κ1) is 20.8. The van der Waals surface area contributed by atoms with Crippen LogP contribution in [0, 0.1) is 11.3 Å². The number of nitrogens with one attached hydrogen (secondary N) is 1. The third-order valence-corrected chi connectivity index (χ3v) is 6.52. The van der Waals surface area contributed by atoms with Crippen LogP contribution < -0.4 is 5.46 Å². The first-order valence-electron chi connectivity index (χ1n) is 11.3. The number of H-pyrrole nitrogens is 1. The van der Waals surface area contributed by atoms with Crippen molar-refractivity contribution in [1.82, 2.24) is 14.9 Å². The average molecular weight is 425 g/mol. The second-order valence-corrected chi connectivity index (χ2v) is 11.1. The van der Waals surface area contributed by atoms with Crippen LogP contribution in [0.3, 0.4) is 0 Å². The summed E-state index contributed by atoms with van der Waals surface area (Å²) in [5.41, 5.74) is 2.34. The summed E-state index contributed by atoms with van der Waals surface area (Å²) in [5, 5.41) is 0. The van der Waals surface area contributed by atoms with E-state index in [-0.39, 0.29) is 30.7 Å². The van der Waals surface area contributed by atoms with Gasteiger partial charge in [0.25, 0.3) is 0 Å². The van der Waals surface area contributed by atoms with Gasteiger partial charge in [0.1, 0.15) is 11.4 Å². The minimum atomic E-state index is -0.513. The molecule has 2 unspecified atom stereocenters. The van der Waals surface area contributed by atoms with Gasteiger partial charge in [-0.15, -0.1) is 0 Å². The topological polar surface area (TPSA) is 76.7 Å². The maximum atomic E-state index is 13.0. The number of hydrogen-bond donors (Lipinski definition) is 1. The number of piperidine rings is 1. The molecule has 1 aromatic carbocycles. The number of aromatic amines is 1. The summed E-state index contributed by atoms with van der Waals surface area (Å²) >= 11 is 0. The highest BCUT2D eigenvalue weighted by atomic mass is 16.6. The summed E-state index contributed by atoms with van der Waals surface area (Å²) in [6, 6.07) is 6.25. The molecular formula is C23H32BN3O4. The van der Waals surface area contributed by atoms with Crippen molar-refractivity contribution in [2.45, 2.75) is 71.6 Å². The molecule has 3 heterocycles. The van der Waals surface area contributed by atoms with Crippen LogP contribution >= 0.6 is 0 Å². The lowest BCUT2D eigenvalue weighted by Crippen LogP contribution is -2.47. The summed E-state index contributed by atoms with van der Waals surface area (Å²) in [4.78, 5) is 23.3. The molecule has 2 saturated heterocycles. The van der Waals surface area contributed by atoms with E-state index < -0.39 is 5.60 Å². The van der Waals surface area contributed by atoms with E-state index in [0.29, 0.717) is 19.1 Å². The molecular weight excluding hydrogens is 393 g/mol. The van der Waals surface area contributed by atoms with E-state index in [1.54, 1.807) is 0 Å². The highest BCUT2D eigenvalue weighted by Crippen LogP contribution is 2.50. The zero-order chi connectivity index (χ0) is 22.0. The Morgan fingerprint density at radius 1 is 1.26 bits per heavy atom. The number of carbonyl (C=O) groups excluding carboxylic acids is 1. The zero-order valence-electron chi connectivity index (χ0n) is 19.1. The lowest BCUT2D eigenvalue weighted by Gasteiger charge is -2.35. The van der Waals surface area contributed by atoms with Crippen molar-refractivity contribution in [1.29, 1.82) is 0 Å². The third-order valence-electron chi connectivity index (χ3n) is 6.52. The molecule has 1 amide bonds. The van der Waals surface area contributed by atoms with Crippen LogP contribution in [0.15, 0.2) is 18.2 Å². The van der Waals surface area contributed by atoms with Crippen molar-refractivity contribution in [3.63, 3.8) is 0 Å². The molecule has 7 nitrogen and oxygen atoms in total. The van der Waals surface area contributed by atoms with Gasteiger partial charge < -0.3 is 19.0 Å². The smallest absolute Gasteiger partial charge is 0.444 e. The van der Waals surface area contributed by atoms with Crippen LogP contribution in [0.4, 0.5) is 4.79 Å². The fourth-order valence-corrected chi connectivity index (χ4v) is 5.14. The minimum absolute atomic E-state index is 0.0364. The number of hydrogen-bond acceptors (Lipinski definition) is 5. The van der Waals surface area contributed by atoms with Crippen LogP contribution in [-0.4, -0.2) is 52.9 Å². The van der Waals surface area contributed by atoms with E-state index in [4.69, 9.17) is 19.0 Å². The van der Waals surface area contributed by atoms with Crippen molar-refractivity contribution in [3.05, 3.63) is 24.0 Å². The minimum Gasteiger partial charge on any atom is -0.444 e. The van der Waals surface area contributed by atoms with Crippen molar-refractivity contribution in [3.8, 4) is 0 Å². The molecule has 3 atom stereocenters. The number of fused-ring (bicyclic) bond motifs is 3. The summed E-state index contributed by atoms with van der Waals surface area (Å²) in [6.07, 6.45) is 2.94. The summed E-state index contributed by atoms with van der Waals surface area (Å²) in [7, 11) is -0.357. The molecule has 1 aliphatic carbocycles. The Balaban J connectivity index is 1.41. The lowest BCUT2D eigenvalue weighted by atomic mass is 9.76. The van der Waals surface area contributed by atoms with E-state index in [0.717, 1.165) is 41.6 Å². The number of nitrogens with zero attached hydrogens (tertiary/aromatic N) is 2. The fourth-order valence-electron chi connectivity index (χ4n) is 5.14. The van der Waals surface area contributed by atoms with E-state index in [2.05, 4.69) is 24.9 Å². The molecule has 3 fully saturated rings. The van der Waals surface area contributed by atoms with Gasteiger partial charge in [-0.3, -0.25) is 4.90 Å². The molecule has 2 aliphatic heterocycles. The van der Waals surface area contributed by atoms with Crippen molar-refractivity contribution in [2.24, 2.45) is 11.3 Å². The SMILES string of the molecule is CC1(C)COB(c2ccc3nc(C4[C@H]5CCC(C5)N4C(=O)OC(C)(C)C)[nH]c3c2)OC1. The van der Waals surface area contributed by atoms with Crippen LogP contribution in [0.5, 0.6) is 0 Å². The van der Waals surface area contributed by atoms with E-state index in [9.17, 15) is 4.79 Å². The van der Waals surface area contributed by atoms with Crippen molar-refractivity contribution in [2.75, 3.05) is 13.2 Å². The highest BCUT2D eigenvalue weighted by Gasteiger charge is 2.51. The molecule has 166 valence electrons. The molecule has 1 saturated carbocycles. The molecule has 2 bridgehead atoms. The van der Waals surface area contributed by atoms with Crippen LogP contribution in [0.25, 0.3) is 11.0 Å². The van der Waals surface area contributed by atoms with Gasteiger partial charge in [0.15, 0.2) is 0 Å². The Morgan fingerprint density at radius 3 is 2.71 bits per heavy atom. The number of amides is 1. The van der Waals surface area contributed by atoms with Crippen LogP contribution in [-0.2, 0) is 14.0 Å². The number of rotatable bonds is 2. The molecule has 2 aromatic rings. The Morgan fingerprint density at radius 2 is 2.00 bits per heavy atom. The van der Waals surface area contributed by atoms with E-state index in [1.165, 1.54) is 0 Å². The first-order chi connectivity index (χ1) is 14.6. The van der Waals surface area contributed by atoms with Crippen LogP contribution in [0.2, 0.25) is 0 Å². The number of ether oxygens (including phenoxy) is 1. The van der Waals surface area contributed by atoms with Gasteiger partial charge in [-0.25, -0.2) is 9.78 Å². The molecule has 0 radical (unpaired) electrons. The van der Waals surface area contributed by atoms with Crippen LogP contribution in [0.1, 0.15) is 65.7 Å². The number of imidazole rings is 1. The first-order valence-corrected chi connectivity index (χ1v) is 11.3. The molecule has 0 spiro atoms. The number of likely N-dealkylation sites (tertiary alicyclic amines) is 1. The van der Waals surface area contributed by atoms with E-state index >= 15 is 0 Å². The van der Waals surface area contributed by atoms with Gasteiger partial charge in [-0.1, -0.05) is 19.9 Å². The standard InChI is InChI=1S/C23H32BN3O4/c1-22(2,3)31-21(28)27-16-8-6-14(10-16)19(27)20-25-17-9-7-15(11-18(17)26-20)24-29-12-23(4,5)13-30-24/h7,9,11,14,16,19H,6,8,10,12-13H2,1-5H3,(H,25,26)/t14-,16?,19?/m0/s1. The summed E-state index contributed by atoms with van der Waals surface area (Å²) in [5.74, 6) is 1.27. The average Bonchev–Trinajstić information content (AvgIpc) is 3.39. The lowest BCUT2D eigenvalue weighted by molar-refractivity contribution is 0.00623. The second kappa shape index (κ2) is 7.24. The quantitative estimate of drug-likeness (QED) is 0.741. The Bertz CT molecular complexity index is 988. The molecule has 1 aromatic heterocycles. The maximum absolute atomic E-state index is 13.0. The zero-order valence-corrected chi connectivity index (χ0v) is 19.1. The van der Waals surface area contributed by atoms with Crippen molar-refractivity contribution >= 4 is 29.7 Å². The van der Waals surface area contributed by atoms with Gasteiger partial charge in [-0.2, -0.15) is 0 Å². The monoisotopic (exact) mass is 425 g/mol. The molecule has 1 N–H and O–H groups in total. The Hall–Kier alpha value is -2.06. The van der Waals surface area contributed by atoms with Gasteiger partial charge in [0.05, 0.1) is 17.1 Å². The second-order valence-electron chi connectivity index (χ2n) is 11.1. The predicted octanol–water partition coefficient (Wildman–Crippen LogP) is 3.79. The largest absolute Gasteiger partial charge is 0.493 e. The number of aromatic nitrogens is 2. The Labute approximate surface area is 184 Å². The Kier molecular flexibility index (Phi) is 4.86. The third kappa shape index (κ3) is 3.96. The van der Waals surface area contributed by atoms with Gasteiger partial charge >= 0.3 is 13.2 Å². The number of carbonyl (C=O) groups is 1. The molecule has 3 aliphatic rings. The predicted molar refractivity (Wildman–Crippen MR) is 119 cm³/mol. The number of benzene rings is 1. The van der Waals surface area contributed by atoms with Gasteiger partial charge in [-0.05, 0) is 63.5 Å². The van der Waals surface area contributed by atoms with E-state index in [1.807, 2.05) is 37.8 Å². The summed E-state index contributed by atoms with van der Waals surface area (Å²) < 4.78 is 17.6. The molecule has 8 heteroatoms. The molecule has 5 rings (SSSR count). The summed E-state index contributed by atoms with van der Waals surface area (Å²) in [6.45, 7) is 11.3.